The lowest BCUT2D eigenvalue weighted by Crippen LogP contribution is -2.05. The summed E-state index contributed by atoms with van der Waals surface area (Å²) in [6.45, 7) is 6.87. The summed E-state index contributed by atoms with van der Waals surface area (Å²) in [4.78, 5) is 9.87. The van der Waals surface area contributed by atoms with Crippen molar-refractivity contribution in [2.24, 2.45) is 0 Å². The van der Waals surface area contributed by atoms with Gasteiger partial charge in [0.05, 0.1) is 24.1 Å². The van der Waals surface area contributed by atoms with Crippen molar-refractivity contribution in [1.29, 1.82) is 0 Å². The van der Waals surface area contributed by atoms with E-state index in [2.05, 4.69) is 73.7 Å². The van der Waals surface area contributed by atoms with E-state index in [0.717, 1.165) is 57.1 Å². The number of rotatable bonds is 10. The molecular formula is C36H34N2O2. The number of hydrogen-bond donors (Lipinski definition) is 0. The van der Waals surface area contributed by atoms with Crippen LogP contribution in [0.1, 0.15) is 38.3 Å². The van der Waals surface area contributed by atoms with Crippen LogP contribution in [0.15, 0.2) is 109 Å². The fourth-order valence-electron chi connectivity index (χ4n) is 4.29. The van der Waals surface area contributed by atoms with Gasteiger partial charge in [-0.05, 0) is 73.9 Å². The van der Waals surface area contributed by atoms with Crippen molar-refractivity contribution in [2.75, 3.05) is 6.61 Å². The maximum atomic E-state index is 5.77. The van der Waals surface area contributed by atoms with Crippen molar-refractivity contribution < 1.29 is 9.47 Å². The first-order chi connectivity index (χ1) is 19.6. The zero-order valence-electron chi connectivity index (χ0n) is 23.2. The molecule has 0 saturated carbocycles. The Bertz CT molecular complexity index is 1540. The van der Waals surface area contributed by atoms with Crippen LogP contribution in [-0.2, 0) is 0 Å². The Morgan fingerprint density at radius 3 is 1.70 bits per heavy atom. The van der Waals surface area contributed by atoms with E-state index in [-0.39, 0.29) is 6.10 Å². The minimum Gasteiger partial charge on any atom is -0.494 e. The average Bonchev–Trinajstić information content (AvgIpc) is 3.00. The van der Waals surface area contributed by atoms with Gasteiger partial charge in [0.2, 0.25) is 0 Å². The molecule has 5 rings (SSSR count). The standard InChI is InChI=1S/C36H34N2O2/c1-4-24-39-32-22-18-30(19-23-32)35-25-34(37-36(38-35)31-8-6-5-7-9-31)29-16-12-27(13-17-29)10-11-28-14-20-33(21-15-28)40-26(2)3/h5-23,25-26H,4,24H2,1-3H3/b11-10+. The van der Waals surface area contributed by atoms with Gasteiger partial charge in [0.15, 0.2) is 5.82 Å². The first-order valence-electron chi connectivity index (χ1n) is 13.8. The number of aromatic nitrogens is 2. The summed E-state index contributed by atoms with van der Waals surface area (Å²) >= 11 is 0. The van der Waals surface area contributed by atoms with Crippen LogP contribution < -0.4 is 9.47 Å². The van der Waals surface area contributed by atoms with Crippen LogP contribution in [0.25, 0.3) is 46.1 Å². The molecule has 0 aliphatic carbocycles. The van der Waals surface area contributed by atoms with E-state index in [0.29, 0.717) is 12.4 Å². The highest BCUT2D eigenvalue weighted by atomic mass is 16.5. The molecule has 0 saturated heterocycles. The van der Waals surface area contributed by atoms with Crippen molar-refractivity contribution in [2.45, 2.75) is 33.3 Å². The third kappa shape index (κ3) is 7.03. The summed E-state index contributed by atoms with van der Waals surface area (Å²) in [6.07, 6.45) is 5.37. The molecule has 1 heterocycles. The van der Waals surface area contributed by atoms with Crippen LogP contribution >= 0.6 is 0 Å². The maximum absolute atomic E-state index is 5.77. The van der Waals surface area contributed by atoms with Crippen LogP contribution in [-0.4, -0.2) is 22.7 Å². The van der Waals surface area contributed by atoms with E-state index >= 15 is 0 Å². The molecule has 0 spiro atoms. The Hall–Kier alpha value is -4.70. The molecule has 4 nitrogen and oxygen atoms in total. The molecule has 5 aromatic rings. The summed E-state index contributed by atoms with van der Waals surface area (Å²) < 4.78 is 11.5. The lowest BCUT2D eigenvalue weighted by molar-refractivity contribution is 0.242. The van der Waals surface area contributed by atoms with Crippen LogP contribution in [0.5, 0.6) is 11.5 Å². The predicted octanol–water partition coefficient (Wildman–Crippen LogP) is 9.22. The van der Waals surface area contributed by atoms with Gasteiger partial charge in [0.25, 0.3) is 0 Å². The molecule has 0 N–H and O–H groups in total. The normalized spacial score (nSPS) is 11.2. The molecule has 0 unspecified atom stereocenters. The average molecular weight is 527 g/mol. The molecular weight excluding hydrogens is 492 g/mol. The van der Waals surface area contributed by atoms with Crippen molar-refractivity contribution in [3.05, 3.63) is 120 Å². The van der Waals surface area contributed by atoms with Gasteiger partial charge >= 0.3 is 0 Å². The fraction of sp³-hybridized carbons (Fsp3) is 0.167. The van der Waals surface area contributed by atoms with E-state index in [1.807, 2.05) is 68.4 Å². The SMILES string of the molecule is CCCOc1ccc(-c2cc(-c3ccc(/C=C/c4ccc(OC(C)C)cc4)cc3)nc(-c3ccccc3)n2)cc1. The van der Waals surface area contributed by atoms with Crippen molar-refractivity contribution in [3.63, 3.8) is 0 Å². The third-order valence-electron chi connectivity index (χ3n) is 6.31. The van der Waals surface area contributed by atoms with Crippen LogP contribution in [0, 0.1) is 0 Å². The second-order valence-corrected chi connectivity index (χ2v) is 9.89. The summed E-state index contributed by atoms with van der Waals surface area (Å²) in [5, 5.41) is 0. The van der Waals surface area contributed by atoms with Crippen molar-refractivity contribution in [1.82, 2.24) is 9.97 Å². The van der Waals surface area contributed by atoms with Gasteiger partial charge in [-0.25, -0.2) is 9.97 Å². The second-order valence-electron chi connectivity index (χ2n) is 9.89. The highest BCUT2D eigenvalue weighted by Gasteiger charge is 2.11. The molecule has 0 atom stereocenters. The summed E-state index contributed by atoms with van der Waals surface area (Å²) in [7, 11) is 0. The van der Waals surface area contributed by atoms with Crippen LogP contribution in [0.2, 0.25) is 0 Å². The van der Waals surface area contributed by atoms with Gasteiger partial charge in [0, 0.05) is 16.7 Å². The number of benzene rings is 4. The van der Waals surface area contributed by atoms with Gasteiger partial charge in [-0.2, -0.15) is 0 Å². The molecule has 0 radical (unpaired) electrons. The van der Waals surface area contributed by atoms with E-state index in [4.69, 9.17) is 19.4 Å². The minimum atomic E-state index is 0.167. The molecule has 1 aromatic heterocycles. The van der Waals surface area contributed by atoms with Gasteiger partial charge in [-0.15, -0.1) is 0 Å². The second kappa shape index (κ2) is 12.9. The molecule has 200 valence electrons. The zero-order chi connectivity index (χ0) is 27.7. The minimum absolute atomic E-state index is 0.167. The first-order valence-corrected chi connectivity index (χ1v) is 13.8. The highest BCUT2D eigenvalue weighted by molar-refractivity contribution is 5.74. The zero-order valence-corrected chi connectivity index (χ0v) is 23.2. The van der Waals surface area contributed by atoms with Gasteiger partial charge in [-0.3, -0.25) is 0 Å². The summed E-state index contributed by atoms with van der Waals surface area (Å²) in [5.74, 6) is 2.45. The van der Waals surface area contributed by atoms with Crippen LogP contribution in [0.4, 0.5) is 0 Å². The van der Waals surface area contributed by atoms with E-state index in [9.17, 15) is 0 Å². The first kappa shape index (κ1) is 26.9. The van der Waals surface area contributed by atoms with Gasteiger partial charge < -0.3 is 9.47 Å². The maximum Gasteiger partial charge on any atom is 0.160 e. The lowest BCUT2D eigenvalue weighted by atomic mass is 10.0. The molecule has 0 aliphatic rings. The van der Waals surface area contributed by atoms with Gasteiger partial charge in [0.1, 0.15) is 11.5 Å². The number of ether oxygens (including phenoxy) is 2. The Balaban J connectivity index is 1.41. The van der Waals surface area contributed by atoms with E-state index in [1.165, 1.54) is 0 Å². The van der Waals surface area contributed by atoms with E-state index < -0.39 is 0 Å². The highest BCUT2D eigenvalue weighted by Crippen LogP contribution is 2.29. The molecule has 4 heteroatoms. The lowest BCUT2D eigenvalue weighted by Gasteiger charge is -2.10. The fourth-order valence-corrected chi connectivity index (χ4v) is 4.29. The third-order valence-corrected chi connectivity index (χ3v) is 6.31. The molecule has 0 amide bonds. The smallest absolute Gasteiger partial charge is 0.160 e. The van der Waals surface area contributed by atoms with E-state index in [1.54, 1.807) is 0 Å². The van der Waals surface area contributed by atoms with Gasteiger partial charge in [-0.1, -0.05) is 85.8 Å². The van der Waals surface area contributed by atoms with Crippen molar-refractivity contribution >= 4 is 12.2 Å². The Kier molecular flexibility index (Phi) is 8.67. The molecule has 0 bridgehead atoms. The summed E-state index contributed by atoms with van der Waals surface area (Å²) in [5.41, 5.74) is 7.04. The molecule has 40 heavy (non-hydrogen) atoms. The quantitative estimate of drug-likeness (QED) is 0.170. The molecule has 0 aliphatic heterocycles. The summed E-state index contributed by atoms with van der Waals surface area (Å²) in [6, 6.07) is 36.9. The topological polar surface area (TPSA) is 44.2 Å². The number of nitrogens with zero attached hydrogens (tertiary/aromatic N) is 2. The molecule has 4 aromatic carbocycles. The largest absolute Gasteiger partial charge is 0.494 e. The Morgan fingerprint density at radius 1 is 0.625 bits per heavy atom. The van der Waals surface area contributed by atoms with Crippen LogP contribution in [0.3, 0.4) is 0 Å². The molecule has 0 fully saturated rings. The van der Waals surface area contributed by atoms with Crippen molar-refractivity contribution in [3.8, 4) is 45.4 Å². The monoisotopic (exact) mass is 526 g/mol. The Labute approximate surface area is 237 Å². The predicted molar refractivity (Wildman–Crippen MR) is 165 cm³/mol. The Morgan fingerprint density at radius 2 is 1.15 bits per heavy atom. The number of hydrogen-bond acceptors (Lipinski definition) is 4.